The van der Waals surface area contributed by atoms with Gasteiger partial charge in [-0.1, -0.05) is 30.3 Å². The van der Waals surface area contributed by atoms with Crippen LogP contribution in [0.25, 0.3) is 0 Å². The second kappa shape index (κ2) is 7.38. The Labute approximate surface area is 155 Å². The van der Waals surface area contributed by atoms with Crippen molar-refractivity contribution in [2.24, 2.45) is 17.3 Å². The largest absolute Gasteiger partial charge is 0.381 e. The van der Waals surface area contributed by atoms with E-state index in [4.69, 9.17) is 4.74 Å². The second-order valence-corrected chi connectivity index (χ2v) is 8.07. The van der Waals surface area contributed by atoms with Crippen molar-refractivity contribution in [1.82, 2.24) is 10.2 Å². The van der Waals surface area contributed by atoms with E-state index in [2.05, 4.69) is 40.6 Å². The molecule has 3 aliphatic rings. The number of amides is 1. The molecule has 2 aliphatic heterocycles. The zero-order chi connectivity index (χ0) is 18.0. The number of nitrogens with one attached hydrogen (secondary N) is 1. The molecule has 3 fully saturated rings. The smallest absolute Gasteiger partial charge is 0.240 e. The van der Waals surface area contributed by atoms with Crippen molar-refractivity contribution in [3.8, 4) is 6.07 Å². The van der Waals surface area contributed by atoms with Gasteiger partial charge in [0.1, 0.15) is 5.41 Å². The lowest BCUT2D eigenvalue weighted by molar-refractivity contribution is -0.133. The average molecular weight is 353 g/mol. The predicted molar refractivity (Wildman–Crippen MR) is 98.0 cm³/mol. The van der Waals surface area contributed by atoms with Crippen LogP contribution in [0.15, 0.2) is 30.3 Å². The summed E-state index contributed by atoms with van der Waals surface area (Å²) in [7, 11) is 0. The second-order valence-electron chi connectivity index (χ2n) is 8.07. The Balaban J connectivity index is 1.42. The van der Waals surface area contributed by atoms with Gasteiger partial charge in [0.2, 0.25) is 5.91 Å². The van der Waals surface area contributed by atoms with E-state index in [9.17, 15) is 10.1 Å². The zero-order valence-electron chi connectivity index (χ0n) is 15.2. The molecule has 0 bridgehead atoms. The molecule has 1 saturated carbocycles. The first kappa shape index (κ1) is 17.5. The fourth-order valence-electron chi connectivity index (χ4n) is 4.45. The van der Waals surface area contributed by atoms with Gasteiger partial charge in [-0.05, 0) is 43.1 Å². The first-order valence-corrected chi connectivity index (χ1v) is 9.76. The first-order valence-electron chi connectivity index (χ1n) is 9.76. The molecule has 1 amide bonds. The quantitative estimate of drug-likeness (QED) is 0.882. The minimum absolute atomic E-state index is 0.0829. The lowest BCUT2D eigenvalue weighted by atomic mass is 9.80. The van der Waals surface area contributed by atoms with Crippen LogP contribution in [0.4, 0.5) is 0 Å². The molecule has 1 N–H and O–H groups in total. The van der Waals surface area contributed by atoms with Crippen molar-refractivity contribution >= 4 is 5.91 Å². The molecular weight excluding hydrogens is 326 g/mol. The predicted octanol–water partition coefficient (Wildman–Crippen LogP) is 2.33. The van der Waals surface area contributed by atoms with E-state index in [-0.39, 0.29) is 11.9 Å². The van der Waals surface area contributed by atoms with Crippen LogP contribution in [0.3, 0.4) is 0 Å². The van der Waals surface area contributed by atoms with Crippen molar-refractivity contribution in [3.63, 3.8) is 0 Å². The van der Waals surface area contributed by atoms with E-state index in [1.807, 2.05) is 6.07 Å². The van der Waals surface area contributed by atoms with Crippen LogP contribution in [-0.4, -0.2) is 43.2 Å². The molecule has 5 heteroatoms. The fraction of sp³-hybridized carbons (Fsp3) is 0.619. The van der Waals surface area contributed by atoms with Crippen molar-refractivity contribution in [2.45, 2.75) is 38.3 Å². The number of rotatable bonds is 5. The number of benzene rings is 1. The normalized spacial score (nSPS) is 28.4. The maximum atomic E-state index is 13.0. The Kier molecular flexibility index (Phi) is 4.97. The van der Waals surface area contributed by atoms with Gasteiger partial charge in [-0.2, -0.15) is 5.26 Å². The highest BCUT2D eigenvalue weighted by atomic mass is 16.5. The third-order valence-corrected chi connectivity index (χ3v) is 6.23. The Morgan fingerprint density at radius 3 is 2.62 bits per heavy atom. The molecule has 2 heterocycles. The molecule has 1 aromatic rings. The van der Waals surface area contributed by atoms with Crippen molar-refractivity contribution in [3.05, 3.63) is 35.9 Å². The molecule has 26 heavy (non-hydrogen) atoms. The van der Waals surface area contributed by atoms with Crippen molar-refractivity contribution in [2.75, 3.05) is 26.3 Å². The van der Waals surface area contributed by atoms with Crippen LogP contribution in [-0.2, 0) is 16.1 Å². The number of ether oxygens (including phenoxy) is 1. The summed E-state index contributed by atoms with van der Waals surface area (Å²) in [5.41, 5.74) is 0.408. The first-order chi connectivity index (χ1) is 12.7. The maximum absolute atomic E-state index is 13.0. The van der Waals surface area contributed by atoms with Crippen LogP contribution >= 0.6 is 0 Å². The number of carbonyl (C=O) groups excluding carboxylic acids is 1. The zero-order valence-corrected chi connectivity index (χ0v) is 15.2. The minimum Gasteiger partial charge on any atom is -0.381 e. The van der Waals surface area contributed by atoms with E-state index in [1.165, 1.54) is 18.4 Å². The summed E-state index contributed by atoms with van der Waals surface area (Å²) in [6.07, 6.45) is 3.55. The van der Waals surface area contributed by atoms with E-state index < -0.39 is 5.41 Å². The molecule has 5 nitrogen and oxygen atoms in total. The van der Waals surface area contributed by atoms with Gasteiger partial charge in [-0.25, -0.2) is 0 Å². The van der Waals surface area contributed by atoms with Crippen LogP contribution < -0.4 is 5.32 Å². The summed E-state index contributed by atoms with van der Waals surface area (Å²) in [6.45, 7) is 3.83. The summed E-state index contributed by atoms with van der Waals surface area (Å²) in [5.74, 6) is 1.16. The van der Waals surface area contributed by atoms with Gasteiger partial charge in [0.25, 0.3) is 0 Å². The maximum Gasteiger partial charge on any atom is 0.240 e. The molecule has 1 aliphatic carbocycles. The lowest BCUT2D eigenvalue weighted by Gasteiger charge is -2.31. The molecular formula is C21H27N3O2. The Morgan fingerprint density at radius 1 is 1.23 bits per heavy atom. The molecule has 2 atom stereocenters. The van der Waals surface area contributed by atoms with Gasteiger partial charge in [0.05, 0.1) is 6.07 Å². The Hall–Kier alpha value is -1.90. The molecule has 0 aromatic heterocycles. The SMILES string of the molecule is N#CC1(C(=O)N[C@@H]2CN(Cc3ccccc3)C[C@H]2C2CC2)CCOCC1. The van der Waals surface area contributed by atoms with E-state index in [0.717, 1.165) is 25.6 Å². The van der Waals surface area contributed by atoms with E-state index >= 15 is 0 Å². The van der Waals surface area contributed by atoms with Crippen molar-refractivity contribution in [1.29, 1.82) is 5.26 Å². The number of carbonyl (C=O) groups is 1. The number of nitrogens with zero attached hydrogens (tertiary/aromatic N) is 2. The summed E-state index contributed by atoms with van der Waals surface area (Å²) in [6, 6.07) is 13.0. The highest BCUT2D eigenvalue weighted by molar-refractivity contribution is 5.85. The molecule has 0 radical (unpaired) electrons. The fourth-order valence-corrected chi connectivity index (χ4v) is 4.45. The molecule has 2 saturated heterocycles. The molecule has 0 unspecified atom stereocenters. The highest BCUT2D eigenvalue weighted by Gasteiger charge is 2.46. The van der Waals surface area contributed by atoms with Crippen LogP contribution in [0, 0.1) is 28.6 Å². The number of nitriles is 1. The molecule has 138 valence electrons. The molecule has 0 spiro atoms. The third-order valence-electron chi connectivity index (χ3n) is 6.23. The van der Waals surface area contributed by atoms with Gasteiger partial charge in [-0.3, -0.25) is 9.69 Å². The topological polar surface area (TPSA) is 65.4 Å². The number of hydrogen-bond donors (Lipinski definition) is 1. The Bertz CT molecular complexity index is 674. The molecule has 1 aromatic carbocycles. The molecule has 4 rings (SSSR count). The highest BCUT2D eigenvalue weighted by Crippen LogP contribution is 2.42. The van der Waals surface area contributed by atoms with E-state index in [0.29, 0.717) is 32.0 Å². The summed E-state index contributed by atoms with van der Waals surface area (Å²) >= 11 is 0. The van der Waals surface area contributed by atoms with Gasteiger partial charge in [0.15, 0.2) is 0 Å². The lowest BCUT2D eigenvalue weighted by Crippen LogP contribution is -2.50. The number of hydrogen-bond acceptors (Lipinski definition) is 4. The van der Waals surface area contributed by atoms with Gasteiger partial charge in [0, 0.05) is 38.9 Å². The Morgan fingerprint density at radius 2 is 1.96 bits per heavy atom. The van der Waals surface area contributed by atoms with E-state index in [1.54, 1.807) is 0 Å². The van der Waals surface area contributed by atoms with Crippen LogP contribution in [0.2, 0.25) is 0 Å². The summed E-state index contributed by atoms with van der Waals surface area (Å²) < 4.78 is 5.36. The van der Waals surface area contributed by atoms with Gasteiger partial charge in [-0.15, -0.1) is 0 Å². The number of likely N-dealkylation sites (tertiary alicyclic amines) is 1. The average Bonchev–Trinajstić information content (AvgIpc) is 3.45. The van der Waals surface area contributed by atoms with Crippen LogP contribution in [0.5, 0.6) is 0 Å². The van der Waals surface area contributed by atoms with Crippen molar-refractivity contribution < 1.29 is 9.53 Å². The van der Waals surface area contributed by atoms with Crippen LogP contribution in [0.1, 0.15) is 31.2 Å². The van der Waals surface area contributed by atoms with Gasteiger partial charge >= 0.3 is 0 Å². The summed E-state index contributed by atoms with van der Waals surface area (Å²) in [5, 5.41) is 12.9. The third kappa shape index (κ3) is 3.62. The standard InChI is InChI=1S/C21H27N3O2/c22-15-21(8-10-26-11-9-21)20(25)23-19-14-24(13-18(19)17-6-7-17)12-16-4-2-1-3-5-16/h1-5,17-19H,6-14H2,(H,23,25)/t18-,19+/m0/s1. The van der Waals surface area contributed by atoms with Gasteiger partial charge < -0.3 is 10.1 Å². The monoisotopic (exact) mass is 353 g/mol. The minimum atomic E-state index is -0.904. The summed E-state index contributed by atoms with van der Waals surface area (Å²) in [4.78, 5) is 15.4.